The third-order valence-electron chi connectivity index (χ3n) is 6.49. The first-order valence-electron chi connectivity index (χ1n) is 12.5. The molecule has 9 nitrogen and oxygen atoms in total. The monoisotopic (exact) mass is 535 g/mol. The number of pyridine rings is 2. The molecular formula is C29H26ClN9. The highest BCUT2D eigenvalue weighted by molar-refractivity contribution is 6.35. The van der Waals surface area contributed by atoms with Crippen LogP contribution in [0.1, 0.15) is 42.1 Å². The minimum Gasteiger partial charge on any atom is -0.377 e. The standard InChI is InChI=1S/C29H26ClN9/c1-2-25(19-7-4-3-5-8-19)36-27-21(15-32)17-34-29-23(27)13-22(14-24(29)30)35-28(20-9-6-11-33-16-20)26-18-39(12-10-31)38-37-26/h3-9,11,13-14,16-18,25,28,35,37-38H,2,12H2,1H3,(H,34,36)/t25-,28+/m1/s1. The van der Waals surface area contributed by atoms with E-state index in [1.807, 2.05) is 48.7 Å². The van der Waals surface area contributed by atoms with Crippen molar-refractivity contribution >= 4 is 33.9 Å². The van der Waals surface area contributed by atoms with E-state index in [9.17, 15) is 5.26 Å². The largest absolute Gasteiger partial charge is 0.377 e. The molecule has 1 aliphatic rings. The zero-order valence-corrected chi connectivity index (χ0v) is 21.9. The predicted octanol–water partition coefficient (Wildman–Crippen LogP) is 5.56. The van der Waals surface area contributed by atoms with E-state index >= 15 is 0 Å². The molecule has 2 atom stereocenters. The van der Waals surface area contributed by atoms with E-state index < -0.39 is 0 Å². The lowest BCUT2D eigenvalue weighted by molar-refractivity contribution is 0.300. The zero-order chi connectivity index (χ0) is 27.2. The van der Waals surface area contributed by atoms with Crippen LogP contribution < -0.4 is 21.6 Å². The number of benzene rings is 2. The van der Waals surface area contributed by atoms with Crippen LogP contribution in [-0.2, 0) is 0 Å². The second kappa shape index (κ2) is 11.7. The van der Waals surface area contributed by atoms with Crippen molar-refractivity contribution in [2.75, 3.05) is 17.2 Å². The molecule has 0 radical (unpaired) electrons. The van der Waals surface area contributed by atoms with Gasteiger partial charge in [-0.3, -0.25) is 15.0 Å². The van der Waals surface area contributed by atoms with Gasteiger partial charge in [0.2, 0.25) is 0 Å². The normalized spacial score (nSPS) is 14.1. The highest BCUT2D eigenvalue weighted by Gasteiger charge is 2.24. The first kappa shape index (κ1) is 25.8. The molecule has 4 aromatic rings. The molecule has 0 amide bonds. The Hall–Kier alpha value is -4.83. The minimum atomic E-state index is -0.334. The Morgan fingerprint density at radius 2 is 1.87 bits per heavy atom. The third-order valence-corrected chi connectivity index (χ3v) is 6.78. The van der Waals surface area contributed by atoms with Gasteiger partial charge in [-0.1, -0.05) is 54.9 Å². The van der Waals surface area contributed by atoms with Crippen molar-refractivity contribution in [3.63, 3.8) is 0 Å². The van der Waals surface area contributed by atoms with Crippen LogP contribution in [0.3, 0.4) is 0 Å². The van der Waals surface area contributed by atoms with Crippen LogP contribution in [0.2, 0.25) is 5.02 Å². The molecule has 0 saturated heterocycles. The number of rotatable bonds is 9. The number of aromatic nitrogens is 2. The Morgan fingerprint density at radius 1 is 1.05 bits per heavy atom. The quantitative estimate of drug-likeness (QED) is 0.204. The van der Waals surface area contributed by atoms with Crippen LogP contribution in [-0.4, -0.2) is 21.5 Å². The van der Waals surface area contributed by atoms with Crippen LogP contribution in [0.5, 0.6) is 0 Å². The fourth-order valence-corrected chi connectivity index (χ4v) is 4.86. The van der Waals surface area contributed by atoms with Crippen molar-refractivity contribution < 1.29 is 0 Å². The summed E-state index contributed by atoms with van der Waals surface area (Å²) in [6.45, 7) is 2.28. The third kappa shape index (κ3) is 5.55. The fourth-order valence-electron chi connectivity index (χ4n) is 4.59. The number of nitriles is 2. The Bertz CT molecular complexity index is 1580. The molecule has 5 rings (SSSR count). The number of anilines is 2. The maximum Gasteiger partial charge on any atom is 0.122 e. The van der Waals surface area contributed by atoms with Gasteiger partial charge in [0, 0.05) is 35.9 Å². The van der Waals surface area contributed by atoms with Crippen LogP contribution >= 0.6 is 11.6 Å². The fraction of sp³-hybridized carbons (Fsp3) is 0.172. The van der Waals surface area contributed by atoms with Crippen molar-refractivity contribution in [3.8, 4) is 12.1 Å². The van der Waals surface area contributed by atoms with Crippen molar-refractivity contribution in [2.24, 2.45) is 0 Å². The maximum atomic E-state index is 9.94. The lowest BCUT2D eigenvalue weighted by Gasteiger charge is -2.23. The van der Waals surface area contributed by atoms with Crippen molar-refractivity contribution in [3.05, 3.63) is 107 Å². The van der Waals surface area contributed by atoms with Gasteiger partial charge < -0.3 is 16.1 Å². The molecule has 0 unspecified atom stereocenters. The van der Waals surface area contributed by atoms with Gasteiger partial charge in [-0.05, 0) is 35.7 Å². The van der Waals surface area contributed by atoms with Gasteiger partial charge in [0.25, 0.3) is 0 Å². The molecule has 194 valence electrons. The molecule has 0 spiro atoms. The SMILES string of the molecule is CC[C@@H](Nc1c(C#N)cnc2c(Cl)cc(N[C@H](C3=CN(CC#N)NN3)c3cccnc3)cc12)c1ccccc1. The molecule has 10 heteroatoms. The minimum absolute atomic E-state index is 0.00697. The highest BCUT2D eigenvalue weighted by Crippen LogP contribution is 2.37. The average Bonchev–Trinajstić information content (AvgIpc) is 3.44. The molecule has 2 aromatic carbocycles. The van der Waals surface area contributed by atoms with Crippen molar-refractivity contribution in [1.29, 1.82) is 10.5 Å². The molecule has 39 heavy (non-hydrogen) atoms. The van der Waals surface area contributed by atoms with Gasteiger partial charge in [-0.25, -0.2) is 0 Å². The van der Waals surface area contributed by atoms with E-state index in [2.05, 4.69) is 62.8 Å². The number of nitrogens with one attached hydrogen (secondary N) is 4. The van der Waals surface area contributed by atoms with E-state index in [-0.39, 0.29) is 18.6 Å². The first-order chi connectivity index (χ1) is 19.1. The van der Waals surface area contributed by atoms with Gasteiger partial charge in [0.15, 0.2) is 0 Å². The molecule has 0 saturated carbocycles. The predicted molar refractivity (Wildman–Crippen MR) is 152 cm³/mol. The number of halogens is 1. The Balaban J connectivity index is 1.57. The van der Waals surface area contributed by atoms with Crippen molar-refractivity contribution in [1.82, 2.24) is 25.9 Å². The number of hydrogen-bond donors (Lipinski definition) is 4. The zero-order valence-electron chi connectivity index (χ0n) is 21.2. The number of fused-ring (bicyclic) bond motifs is 1. The lowest BCUT2D eigenvalue weighted by atomic mass is 10.0. The Morgan fingerprint density at radius 3 is 2.59 bits per heavy atom. The summed E-state index contributed by atoms with van der Waals surface area (Å²) in [4.78, 5) is 8.79. The number of hydrazine groups is 2. The van der Waals surface area contributed by atoms with E-state index in [0.29, 0.717) is 21.8 Å². The summed E-state index contributed by atoms with van der Waals surface area (Å²) >= 11 is 6.76. The summed E-state index contributed by atoms with van der Waals surface area (Å²) in [5.41, 5.74) is 11.4. The molecule has 1 aliphatic heterocycles. The summed E-state index contributed by atoms with van der Waals surface area (Å²) in [6, 6.07) is 21.8. The smallest absolute Gasteiger partial charge is 0.122 e. The molecule has 4 N–H and O–H groups in total. The van der Waals surface area contributed by atoms with E-state index in [1.165, 1.54) is 0 Å². The van der Waals surface area contributed by atoms with E-state index in [4.69, 9.17) is 16.9 Å². The van der Waals surface area contributed by atoms with Gasteiger partial charge in [0.05, 0.1) is 45.6 Å². The molecule has 2 aromatic heterocycles. The lowest BCUT2D eigenvalue weighted by Crippen LogP contribution is -2.37. The second-order valence-corrected chi connectivity index (χ2v) is 9.41. The van der Waals surface area contributed by atoms with Crippen LogP contribution in [0.25, 0.3) is 10.9 Å². The van der Waals surface area contributed by atoms with Gasteiger partial charge in [-0.2, -0.15) is 10.5 Å². The van der Waals surface area contributed by atoms with Gasteiger partial charge >= 0.3 is 0 Å². The summed E-state index contributed by atoms with van der Waals surface area (Å²) in [5, 5.41) is 29.0. The topological polar surface area (TPSA) is 125 Å². The summed E-state index contributed by atoms with van der Waals surface area (Å²) in [5.74, 6) is 0. The average molecular weight is 536 g/mol. The number of hydrogen-bond acceptors (Lipinski definition) is 9. The van der Waals surface area contributed by atoms with E-state index in [0.717, 1.165) is 34.3 Å². The summed E-state index contributed by atoms with van der Waals surface area (Å²) in [6.07, 6.45) is 7.71. The maximum absolute atomic E-state index is 9.94. The second-order valence-electron chi connectivity index (χ2n) is 9.00. The van der Waals surface area contributed by atoms with Gasteiger partial charge in [0.1, 0.15) is 12.6 Å². The number of nitrogens with zero attached hydrogens (tertiary/aromatic N) is 5. The van der Waals surface area contributed by atoms with Crippen LogP contribution in [0.4, 0.5) is 11.4 Å². The Labute approximate surface area is 231 Å². The van der Waals surface area contributed by atoms with Crippen LogP contribution in [0.15, 0.2) is 85.1 Å². The van der Waals surface area contributed by atoms with Gasteiger partial charge in [-0.15, -0.1) is 5.53 Å². The van der Waals surface area contributed by atoms with Crippen LogP contribution in [0, 0.1) is 22.7 Å². The molecule has 0 aliphatic carbocycles. The Kier molecular flexibility index (Phi) is 7.74. The highest BCUT2D eigenvalue weighted by atomic mass is 35.5. The van der Waals surface area contributed by atoms with Crippen molar-refractivity contribution in [2.45, 2.75) is 25.4 Å². The molecule has 3 heterocycles. The summed E-state index contributed by atoms with van der Waals surface area (Å²) in [7, 11) is 0. The molecular weight excluding hydrogens is 510 g/mol. The van der Waals surface area contributed by atoms with E-state index in [1.54, 1.807) is 23.6 Å². The first-order valence-corrected chi connectivity index (χ1v) is 12.9. The molecule has 0 bridgehead atoms. The summed E-state index contributed by atoms with van der Waals surface area (Å²) < 4.78 is 0. The molecule has 0 fully saturated rings.